The highest BCUT2D eigenvalue weighted by atomic mass is 35.5. The summed E-state index contributed by atoms with van der Waals surface area (Å²) in [4.78, 5) is 13.1. The van der Waals surface area contributed by atoms with Crippen molar-refractivity contribution >= 4 is 17.5 Å². The third kappa shape index (κ3) is 4.32. The maximum atomic E-state index is 12.9. The first-order chi connectivity index (χ1) is 8.04. The lowest BCUT2D eigenvalue weighted by molar-refractivity contribution is -0.130. The molecule has 0 heterocycles. The molecule has 0 saturated heterocycles. The number of aliphatic hydroxyl groups is 1. The number of aliphatic hydroxyl groups excluding tert-OH is 1. The zero-order valence-corrected chi connectivity index (χ0v) is 10.4. The van der Waals surface area contributed by atoms with E-state index in [1.165, 1.54) is 17.0 Å². The molecule has 0 bridgehead atoms. The van der Waals surface area contributed by atoms with Crippen molar-refractivity contribution in [3.63, 3.8) is 0 Å². The maximum absolute atomic E-state index is 12.9. The van der Waals surface area contributed by atoms with Gasteiger partial charge >= 0.3 is 0 Å². The van der Waals surface area contributed by atoms with Gasteiger partial charge in [-0.25, -0.2) is 4.39 Å². The van der Waals surface area contributed by atoms with Crippen LogP contribution in [-0.4, -0.2) is 29.6 Å². The van der Waals surface area contributed by atoms with Crippen LogP contribution in [0.2, 0.25) is 5.02 Å². The normalized spacial score (nSPS) is 10.4. The van der Waals surface area contributed by atoms with Gasteiger partial charge < -0.3 is 10.0 Å². The number of nitrogens with zero attached hydrogens (tertiary/aromatic N) is 1. The number of benzene rings is 1. The van der Waals surface area contributed by atoms with Crippen molar-refractivity contribution in [2.75, 3.05) is 13.7 Å². The van der Waals surface area contributed by atoms with E-state index in [2.05, 4.69) is 0 Å². The summed E-state index contributed by atoms with van der Waals surface area (Å²) in [5, 5.41) is 8.68. The van der Waals surface area contributed by atoms with Crippen LogP contribution in [0, 0.1) is 5.82 Å². The molecule has 1 amide bonds. The third-order valence-electron chi connectivity index (χ3n) is 2.38. The van der Waals surface area contributed by atoms with Gasteiger partial charge in [-0.15, -0.1) is 0 Å². The Hall–Kier alpha value is -1.13. The molecule has 0 fully saturated rings. The van der Waals surface area contributed by atoms with E-state index < -0.39 is 5.82 Å². The minimum absolute atomic E-state index is 0.00194. The fourth-order valence-electron chi connectivity index (χ4n) is 1.42. The van der Waals surface area contributed by atoms with E-state index in [-0.39, 0.29) is 17.5 Å². The summed E-state index contributed by atoms with van der Waals surface area (Å²) < 4.78 is 12.9. The van der Waals surface area contributed by atoms with Gasteiger partial charge in [0.1, 0.15) is 5.82 Å². The van der Waals surface area contributed by atoms with Crippen LogP contribution in [0.5, 0.6) is 0 Å². The zero-order chi connectivity index (χ0) is 12.8. The second-order valence-corrected chi connectivity index (χ2v) is 4.23. The zero-order valence-electron chi connectivity index (χ0n) is 9.62. The predicted octanol–water partition coefficient (Wildman–Crippen LogP) is 2.21. The molecular weight excluding hydrogens is 245 g/mol. The van der Waals surface area contributed by atoms with Gasteiger partial charge in [-0.05, 0) is 24.1 Å². The van der Waals surface area contributed by atoms with Gasteiger partial charge in [0.15, 0.2) is 0 Å². The summed E-state index contributed by atoms with van der Waals surface area (Å²) in [7, 11) is 1.66. The molecule has 1 N–H and O–H groups in total. The van der Waals surface area contributed by atoms with E-state index in [9.17, 15) is 9.18 Å². The molecule has 0 unspecified atom stereocenters. The monoisotopic (exact) mass is 259 g/mol. The molecule has 0 aliphatic heterocycles. The highest BCUT2D eigenvalue weighted by Crippen LogP contribution is 2.17. The lowest BCUT2D eigenvalue weighted by Crippen LogP contribution is -2.26. The van der Waals surface area contributed by atoms with Crippen molar-refractivity contribution < 1.29 is 14.3 Å². The lowest BCUT2D eigenvalue weighted by Gasteiger charge is -2.17. The second-order valence-electron chi connectivity index (χ2n) is 3.83. The Morgan fingerprint density at radius 1 is 1.53 bits per heavy atom. The van der Waals surface area contributed by atoms with Crippen LogP contribution >= 0.6 is 11.6 Å². The molecule has 1 aromatic carbocycles. The first-order valence-corrected chi connectivity index (χ1v) is 5.71. The Balaban J connectivity index is 2.58. The van der Waals surface area contributed by atoms with Crippen molar-refractivity contribution in [3.8, 4) is 0 Å². The van der Waals surface area contributed by atoms with Crippen molar-refractivity contribution in [1.82, 2.24) is 4.90 Å². The van der Waals surface area contributed by atoms with Crippen LogP contribution in [0.25, 0.3) is 0 Å². The second kappa shape index (κ2) is 6.57. The summed E-state index contributed by atoms with van der Waals surface area (Å²) in [6.45, 7) is 0.381. The average Bonchev–Trinajstić information content (AvgIpc) is 2.30. The number of rotatable bonds is 5. The highest BCUT2D eigenvalue weighted by molar-refractivity contribution is 6.30. The van der Waals surface area contributed by atoms with Crippen molar-refractivity contribution in [2.45, 2.75) is 19.4 Å². The maximum Gasteiger partial charge on any atom is 0.222 e. The number of halogens is 2. The van der Waals surface area contributed by atoms with E-state index in [0.29, 0.717) is 19.4 Å². The molecule has 5 heteroatoms. The minimum Gasteiger partial charge on any atom is -0.396 e. The largest absolute Gasteiger partial charge is 0.396 e. The number of carbonyl (C=O) groups is 1. The lowest BCUT2D eigenvalue weighted by atomic mass is 10.2. The van der Waals surface area contributed by atoms with Crippen LogP contribution in [-0.2, 0) is 11.3 Å². The molecule has 0 aliphatic rings. The summed E-state index contributed by atoms with van der Waals surface area (Å²) in [6, 6.07) is 4.38. The molecule has 0 aliphatic carbocycles. The minimum atomic E-state index is -0.468. The Morgan fingerprint density at radius 3 is 2.82 bits per heavy atom. The molecule has 0 spiro atoms. The van der Waals surface area contributed by atoms with Gasteiger partial charge in [0, 0.05) is 26.6 Å². The topological polar surface area (TPSA) is 40.5 Å². The molecule has 0 radical (unpaired) electrons. The van der Waals surface area contributed by atoms with E-state index in [0.717, 1.165) is 5.56 Å². The fraction of sp³-hybridized carbons (Fsp3) is 0.417. The summed E-state index contributed by atoms with van der Waals surface area (Å²) in [5.41, 5.74) is 0.774. The van der Waals surface area contributed by atoms with Gasteiger partial charge in [0.25, 0.3) is 0 Å². The van der Waals surface area contributed by atoms with E-state index in [4.69, 9.17) is 16.7 Å². The quantitative estimate of drug-likeness (QED) is 0.881. The molecule has 3 nitrogen and oxygen atoms in total. The van der Waals surface area contributed by atoms with Crippen LogP contribution in [0.4, 0.5) is 4.39 Å². The van der Waals surface area contributed by atoms with Crippen LogP contribution < -0.4 is 0 Å². The van der Waals surface area contributed by atoms with Crippen LogP contribution in [0.3, 0.4) is 0 Å². The number of amides is 1. The number of hydrogen-bond donors (Lipinski definition) is 1. The molecule has 0 saturated carbocycles. The summed E-state index contributed by atoms with van der Waals surface area (Å²) in [5.74, 6) is -0.524. The molecule has 17 heavy (non-hydrogen) atoms. The number of hydrogen-bond acceptors (Lipinski definition) is 2. The van der Waals surface area contributed by atoms with Gasteiger partial charge in [-0.2, -0.15) is 0 Å². The van der Waals surface area contributed by atoms with Crippen molar-refractivity contribution in [3.05, 3.63) is 34.6 Å². The molecule has 1 aromatic rings. The first kappa shape index (κ1) is 13.9. The van der Waals surface area contributed by atoms with Gasteiger partial charge in [-0.1, -0.05) is 17.7 Å². The average molecular weight is 260 g/mol. The Bertz CT molecular complexity index is 398. The van der Waals surface area contributed by atoms with Crippen LogP contribution in [0.15, 0.2) is 18.2 Å². The predicted molar refractivity (Wildman–Crippen MR) is 64.2 cm³/mol. The molecule has 0 atom stereocenters. The van der Waals surface area contributed by atoms with Gasteiger partial charge in [0.2, 0.25) is 5.91 Å². The Labute approximate surface area is 105 Å². The van der Waals surface area contributed by atoms with E-state index in [1.54, 1.807) is 13.1 Å². The first-order valence-electron chi connectivity index (χ1n) is 5.33. The van der Waals surface area contributed by atoms with E-state index >= 15 is 0 Å². The van der Waals surface area contributed by atoms with Crippen LogP contribution in [0.1, 0.15) is 18.4 Å². The van der Waals surface area contributed by atoms with E-state index in [1.807, 2.05) is 0 Å². The van der Waals surface area contributed by atoms with Crippen molar-refractivity contribution in [1.29, 1.82) is 0 Å². The molecule has 94 valence electrons. The molecule has 0 aromatic heterocycles. The SMILES string of the molecule is CN(Cc1ccc(F)c(Cl)c1)C(=O)CCCO. The Kier molecular flexibility index (Phi) is 5.38. The highest BCUT2D eigenvalue weighted by Gasteiger charge is 2.09. The number of carbonyl (C=O) groups excluding carboxylic acids is 1. The standard InChI is InChI=1S/C12H15ClFNO2/c1-15(12(17)3-2-6-16)8-9-4-5-11(14)10(13)7-9/h4-5,7,16H,2-3,6,8H2,1H3. The van der Waals surface area contributed by atoms with Crippen molar-refractivity contribution in [2.24, 2.45) is 0 Å². The summed E-state index contributed by atoms with van der Waals surface area (Å²) >= 11 is 5.65. The molecular formula is C12H15ClFNO2. The van der Waals surface area contributed by atoms with Gasteiger partial charge in [-0.3, -0.25) is 4.79 Å². The van der Waals surface area contributed by atoms with Gasteiger partial charge in [0.05, 0.1) is 5.02 Å². The third-order valence-corrected chi connectivity index (χ3v) is 2.67. The fourth-order valence-corrected chi connectivity index (χ4v) is 1.62. The smallest absolute Gasteiger partial charge is 0.222 e. The molecule has 1 rings (SSSR count). The Morgan fingerprint density at radius 2 is 2.24 bits per heavy atom. The summed E-state index contributed by atoms with van der Waals surface area (Å²) in [6.07, 6.45) is 0.759.